The topological polar surface area (TPSA) is 49.9 Å². The zero-order valence-corrected chi connectivity index (χ0v) is 11.2. The summed E-state index contributed by atoms with van der Waals surface area (Å²) in [5.41, 5.74) is 2.36. The highest BCUT2D eigenvalue weighted by Crippen LogP contribution is 2.20. The number of nitrogens with zero attached hydrogens (tertiary/aromatic N) is 1. The maximum atomic E-state index is 5.67. The van der Waals surface area contributed by atoms with Crippen LogP contribution in [0, 0.1) is 4.64 Å². The Morgan fingerprint density at radius 1 is 1.47 bits per heavy atom. The lowest BCUT2D eigenvalue weighted by atomic mass is 10.1. The first-order valence-electron chi connectivity index (χ1n) is 6.20. The number of aromatic amines is 1. The van der Waals surface area contributed by atoms with Crippen molar-refractivity contribution in [3.8, 4) is 0 Å². The van der Waals surface area contributed by atoms with Crippen LogP contribution >= 0.6 is 12.2 Å². The molecule has 1 aliphatic rings. The largest absolute Gasteiger partial charge is 0.371 e. The van der Waals surface area contributed by atoms with Crippen molar-refractivity contribution < 1.29 is 4.74 Å². The predicted octanol–water partition coefficient (Wildman–Crippen LogP) is 2.27. The number of hydrogen-bond acceptors (Lipinski definition) is 4. The summed E-state index contributed by atoms with van der Waals surface area (Å²) in [7, 11) is 0. The fourth-order valence-electron chi connectivity index (χ4n) is 2.13. The number of rotatable bonds is 4. The maximum Gasteiger partial charge on any atom is 0.137 e. The number of nitrogens with one attached hydrogen (secondary N) is 2. The molecule has 2 rings (SSSR count). The van der Waals surface area contributed by atoms with Gasteiger partial charge in [-0.15, -0.1) is 0 Å². The second-order valence-corrected chi connectivity index (χ2v) is 4.55. The highest BCUT2D eigenvalue weighted by atomic mass is 32.1. The van der Waals surface area contributed by atoms with Gasteiger partial charge in [-0.05, 0) is 13.3 Å². The minimum atomic E-state index is 0.0295. The zero-order chi connectivity index (χ0) is 12.3. The first-order valence-corrected chi connectivity index (χ1v) is 6.61. The molecule has 1 atom stereocenters. The van der Waals surface area contributed by atoms with E-state index in [1.54, 1.807) is 0 Å². The van der Waals surface area contributed by atoms with Gasteiger partial charge in [0.2, 0.25) is 0 Å². The third kappa shape index (κ3) is 2.73. The molecule has 0 fully saturated rings. The van der Waals surface area contributed by atoms with Crippen LogP contribution in [-0.4, -0.2) is 23.1 Å². The van der Waals surface area contributed by atoms with Crippen molar-refractivity contribution in [3.63, 3.8) is 0 Å². The van der Waals surface area contributed by atoms with E-state index in [2.05, 4.69) is 22.2 Å². The zero-order valence-electron chi connectivity index (χ0n) is 10.4. The molecule has 0 aromatic carbocycles. The summed E-state index contributed by atoms with van der Waals surface area (Å²) in [4.78, 5) is 7.87. The lowest BCUT2D eigenvalue weighted by molar-refractivity contribution is 0.0531. The molecule has 4 nitrogen and oxygen atoms in total. The Morgan fingerprint density at radius 2 is 2.29 bits per heavy atom. The predicted molar refractivity (Wildman–Crippen MR) is 69.5 cm³/mol. The van der Waals surface area contributed by atoms with Gasteiger partial charge in [0.1, 0.15) is 16.6 Å². The molecule has 2 heterocycles. The molecule has 0 radical (unpaired) electrons. The summed E-state index contributed by atoms with van der Waals surface area (Å²) in [6.07, 6.45) is 1.92. The molecule has 0 spiro atoms. The number of H-pyrrole nitrogens is 1. The molecule has 0 saturated carbocycles. The van der Waals surface area contributed by atoms with Gasteiger partial charge < -0.3 is 15.0 Å². The molecule has 0 saturated heterocycles. The van der Waals surface area contributed by atoms with Crippen molar-refractivity contribution >= 4 is 12.2 Å². The van der Waals surface area contributed by atoms with Crippen LogP contribution in [0.4, 0.5) is 0 Å². The van der Waals surface area contributed by atoms with Crippen molar-refractivity contribution in [2.75, 3.05) is 13.2 Å². The molecule has 0 aliphatic carbocycles. The Labute approximate surface area is 107 Å². The Balaban J connectivity index is 2.36. The average Bonchev–Trinajstić information content (AvgIpc) is 2.36. The van der Waals surface area contributed by atoms with Crippen LogP contribution in [0.3, 0.4) is 0 Å². The second-order valence-electron chi connectivity index (χ2n) is 4.16. The van der Waals surface area contributed by atoms with Crippen LogP contribution in [0.15, 0.2) is 0 Å². The van der Waals surface area contributed by atoms with Crippen LogP contribution in [0.1, 0.15) is 43.5 Å². The monoisotopic (exact) mass is 253 g/mol. The number of hydrogen-bond donors (Lipinski definition) is 2. The first-order chi connectivity index (χ1) is 8.26. The Morgan fingerprint density at radius 3 is 3.00 bits per heavy atom. The summed E-state index contributed by atoms with van der Waals surface area (Å²) >= 11 is 5.35. The van der Waals surface area contributed by atoms with Crippen molar-refractivity contribution in [1.29, 1.82) is 0 Å². The lowest BCUT2D eigenvalue weighted by Gasteiger charge is -2.20. The van der Waals surface area contributed by atoms with Crippen molar-refractivity contribution in [2.24, 2.45) is 0 Å². The third-order valence-corrected chi connectivity index (χ3v) is 3.36. The van der Waals surface area contributed by atoms with E-state index in [1.807, 2.05) is 6.92 Å². The summed E-state index contributed by atoms with van der Waals surface area (Å²) in [6.45, 7) is 6.61. The highest BCUT2D eigenvalue weighted by Gasteiger charge is 2.17. The number of ether oxygens (including phenoxy) is 1. The second kappa shape index (κ2) is 5.71. The molecule has 17 heavy (non-hydrogen) atoms. The lowest BCUT2D eigenvalue weighted by Crippen LogP contribution is -2.26. The van der Waals surface area contributed by atoms with Gasteiger partial charge in [-0.2, -0.15) is 0 Å². The molecule has 1 aromatic heterocycles. The van der Waals surface area contributed by atoms with Crippen LogP contribution in [0.2, 0.25) is 0 Å². The van der Waals surface area contributed by atoms with Crippen LogP contribution in [-0.2, 0) is 17.7 Å². The molecule has 1 aliphatic heterocycles. The number of fused-ring (bicyclic) bond motifs is 1. The molecule has 1 unspecified atom stereocenters. The van der Waals surface area contributed by atoms with E-state index in [0.717, 1.165) is 37.3 Å². The van der Waals surface area contributed by atoms with E-state index >= 15 is 0 Å². The van der Waals surface area contributed by atoms with Gasteiger partial charge in [0.05, 0.1) is 0 Å². The van der Waals surface area contributed by atoms with Gasteiger partial charge in [0.25, 0.3) is 0 Å². The molecule has 0 bridgehead atoms. The van der Waals surface area contributed by atoms with Crippen molar-refractivity contribution in [1.82, 2.24) is 15.3 Å². The molecule has 94 valence electrons. The first kappa shape index (κ1) is 12.7. The molecular weight excluding hydrogens is 234 g/mol. The molecule has 5 heteroatoms. The van der Waals surface area contributed by atoms with Gasteiger partial charge >= 0.3 is 0 Å². The SMILES string of the molecule is CCOC(CC)c1nc(=S)c2c([nH]1)CCNC2. The Hall–Kier alpha value is -0.780. The van der Waals surface area contributed by atoms with Crippen molar-refractivity contribution in [3.05, 3.63) is 21.7 Å². The van der Waals surface area contributed by atoms with Gasteiger partial charge in [-0.25, -0.2) is 4.98 Å². The van der Waals surface area contributed by atoms with E-state index in [0.29, 0.717) is 11.2 Å². The highest BCUT2D eigenvalue weighted by molar-refractivity contribution is 7.71. The van der Waals surface area contributed by atoms with Gasteiger partial charge in [-0.3, -0.25) is 0 Å². The third-order valence-electron chi connectivity index (χ3n) is 3.02. The summed E-state index contributed by atoms with van der Waals surface area (Å²) in [5.74, 6) is 0.875. The van der Waals surface area contributed by atoms with Gasteiger partial charge in [-0.1, -0.05) is 19.1 Å². The van der Waals surface area contributed by atoms with E-state index in [-0.39, 0.29) is 6.10 Å². The smallest absolute Gasteiger partial charge is 0.137 e. The van der Waals surface area contributed by atoms with E-state index in [1.165, 1.54) is 5.69 Å². The Kier molecular flexibility index (Phi) is 4.25. The fraction of sp³-hybridized carbons (Fsp3) is 0.667. The van der Waals surface area contributed by atoms with E-state index < -0.39 is 0 Å². The summed E-state index contributed by atoms with van der Waals surface area (Å²) < 4.78 is 6.38. The number of aromatic nitrogens is 2. The minimum absolute atomic E-state index is 0.0295. The van der Waals surface area contributed by atoms with Crippen molar-refractivity contribution in [2.45, 2.75) is 39.3 Å². The molecular formula is C12H19N3OS. The standard InChI is InChI=1S/C12H19N3OS/c1-3-10(16-4-2)11-14-9-5-6-13-7-8(9)12(17)15-11/h10,13H,3-7H2,1-2H3,(H,14,15,17). The molecule has 1 aromatic rings. The van der Waals surface area contributed by atoms with Crippen LogP contribution < -0.4 is 5.32 Å². The minimum Gasteiger partial charge on any atom is -0.371 e. The molecule has 0 amide bonds. The van der Waals surface area contributed by atoms with E-state index in [9.17, 15) is 0 Å². The van der Waals surface area contributed by atoms with Gasteiger partial charge in [0, 0.05) is 37.4 Å². The normalized spacial score (nSPS) is 16.6. The van der Waals surface area contributed by atoms with Gasteiger partial charge in [0.15, 0.2) is 0 Å². The van der Waals surface area contributed by atoms with Crippen LogP contribution in [0.25, 0.3) is 0 Å². The molecule has 2 N–H and O–H groups in total. The van der Waals surface area contributed by atoms with Crippen LogP contribution in [0.5, 0.6) is 0 Å². The van der Waals surface area contributed by atoms with E-state index in [4.69, 9.17) is 17.0 Å². The maximum absolute atomic E-state index is 5.67. The Bertz CT molecular complexity index is 444. The fourth-order valence-corrected chi connectivity index (χ4v) is 2.42. The summed E-state index contributed by atoms with van der Waals surface area (Å²) in [5, 5.41) is 3.31. The average molecular weight is 253 g/mol. The summed E-state index contributed by atoms with van der Waals surface area (Å²) in [6, 6.07) is 0. The quantitative estimate of drug-likeness (QED) is 0.808.